The van der Waals surface area contributed by atoms with Gasteiger partial charge in [0.1, 0.15) is 0 Å². The number of likely N-dealkylation sites (tertiary alicyclic amines) is 1. The summed E-state index contributed by atoms with van der Waals surface area (Å²) in [7, 11) is 0. The molecule has 3 rings (SSSR count). The second-order valence-electron chi connectivity index (χ2n) is 5.84. The van der Waals surface area contributed by atoms with E-state index in [1.807, 2.05) is 37.3 Å². The van der Waals surface area contributed by atoms with Gasteiger partial charge in [-0.05, 0) is 26.3 Å². The van der Waals surface area contributed by atoms with Crippen molar-refractivity contribution < 1.29 is 14.6 Å². The van der Waals surface area contributed by atoms with Gasteiger partial charge in [-0.15, -0.1) is 0 Å². The fourth-order valence-electron chi connectivity index (χ4n) is 3.22. The van der Waals surface area contributed by atoms with Crippen LogP contribution in [-0.2, 0) is 15.3 Å². The number of hydrogen-bond donors (Lipinski definition) is 1. The molecule has 0 bridgehead atoms. The zero-order valence-electron chi connectivity index (χ0n) is 12.0. The minimum atomic E-state index is -0.639. The normalized spacial score (nSPS) is 34.7. The predicted molar refractivity (Wildman–Crippen MR) is 76.3 cm³/mol. The average Bonchev–Trinajstić information content (AvgIpc) is 3.08. The van der Waals surface area contributed by atoms with Crippen molar-refractivity contribution in [2.45, 2.75) is 37.7 Å². The van der Waals surface area contributed by atoms with E-state index < -0.39 is 5.79 Å². The van der Waals surface area contributed by atoms with E-state index in [1.54, 1.807) is 0 Å². The first kappa shape index (κ1) is 14.0. The standard InChI is InChI=1S/C16H23NO3/c1-16(13-6-3-2-4-7-13)19-12-15(20-16)10-17-9-5-8-14(17)11-18/h2-4,6-7,14-15,18H,5,8-12H2,1H3/t14-,15?,16?/m1/s1. The first-order valence-corrected chi connectivity index (χ1v) is 7.43. The van der Waals surface area contributed by atoms with E-state index in [4.69, 9.17) is 9.47 Å². The van der Waals surface area contributed by atoms with Crippen LogP contribution in [0.25, 0.3) is 0 Å². The van der Waals surface area contributed by atoms with Crippen LogP contribution in [0.4, 0.5) is 0 Å². The minimum Gasteiger partial charge on any atom is -0.395 e. The second kappa shape index (κ2) is 5.82. The number of benzene rings is 1. The third kappa shape index (κ3) is 2.74. The van der Waals surface area contributed by atoms with Gasteiger partial charge in [-0.3, -0.25) is 4.90 Å². The third-order valence-electron chi connectivity index (χ3n) is 4.38. The molecule has 4 nitrogen and oxygen atoms in total. The molecule has 0 aromatic heterocycles. The number of rotatable bonds is 4. The van der Waals surface area contributed by atoms with Crippen molar-refractivity contribution in [1.82, 2.24) is 4.90 Å². The van der Waals surface area contributed by atoms with Gasteiger partial charge in [0.05, 0.1) is 19.3 Å². The van der Waals surface area contributed by atoms with E-state index in [0.29, 0.717) is 12.6 Å². The second-order valence-corrected chi connectivity index (χ2v) is 5.84. The first-order valence-electron chi connectivity index (χ1n) is 7.43. The van der Waals surface area contributed by atoms with Crippen molar-refractivity contribution in [2.75, 3.05) is 26.3 Å². The summed E-state index contributed by atoms with van der Waals surface area (Å²) in [6, 6.07) is 10.4. The number of ether oxygens (including phenoxy) is 2. The number of aliphatic hydroxyl groups excluding tert-OH is 1. The highest BCUT2D eigenvalue weighted by atomic mass is 16.7. The molecule has 20 heavy (non-hydrogen) atoms. The molecule has 0 saturated carbocycles. The quantitative estimate of drug-likeness (QED) is 0.910. The molecule has 1 N–H and O–H groups in total. The predicted octanol–water partition coefficient (Wildman–Crippen LogP) is 1.73. The van der Waals surface area contributed by atoms with Crippen LogP contribution in [-0.4, -0.2) is 48.5 Å². The van der Waals surface area contributed by atoms with Gasteiger partial charge in [-0.2, -0.15) is 0 Å². The molecule has 0 spiro atoms. The molecule has 110 valence electrons. The van der Waals surface area contributed by atoms with E-state index in [9.17, 15) is 5.11 Å². The maximum absolute atomic E-state index is 9.38. The maximum atomic E-state index is 9.38. The minimum absolute atomic E-state index is 0.0763. The van der Waals surface area contributed by atoms with Gasteiger partial charge in [0.2, 0.25) is 0 Å². The van der Waals surface area contributed by atoms with Gasteiger partial charge in [0.15, 0.2) is 5.79 Å². The summed E-state index contributed by atoms with van der Waals surface area (Å²) < 4.78 is 12.1. The topological polar surface area (TPSA) is 41.9 Å². The van der Waals surface area contributed by atoms with Crippen molar-refractivity contribution in [3.8, 4) is 0 Å². The van der Waals surface area contributed by atoms with Crippen LogP contribution in [0.5, 0.6) is 0 Å². The molecule has 2 aliphatic heterocycles. The number of hydrogen-bond acceptors (Lipinski definition) is 4. The molecular formula is C16H23NO3. The molecule has 1 aromatic rings. The van der Waals surface area contributed by atoms with Crippen LogP contribution >= 0.6 is 0 Å². The van der Waals surface area contributed by atoms with Gasteiger partial charge >= 0.3 is 0 Å². The van der Waals surface area contributed by atoms with Crippen molar-refractivity contribution >= 4 is 0 Å². The molecule has 2 saturated heterocycles. The van der Waals surface area contributed by atoms with Crippen molar-refractivity contribution in [3.05, 3.63) is 35.9 Å². The highest BCUT2D eigenvalue weighted by Gasteiger charge is 2.40. The Morgan fingerprint density at radius 3 is 2.90 bits per heavy atom. The SMILES string of the molecule is CC1(c2ccccc2)OCC(CN2CCC[C@@H]2CO)O1. The van der Waals surface area contributed by atoms with Gasteiger partial charge in [-0.25, -0.2) is 0 Å². The van der Waals surface area contributed by atoms with Gasteiger partial charge in [-0.1, -0.05) is 30.3 Å². The lowest BCUT2D eigenvalue weighted by Gasteiger charge is -2.27. The Balaban J connectivity index is 1.62. The zero-order valence-corrected chi connectivity index (χ0v) is 12.0. The average molecular weight is 277 g/mol. The Hall–Kier alpha value is -0.940. The maximum Gasteiger partial charge on any atom is 0.192 e. The fourth-order valence-corrected chi connectivity index (χ4v) is 3.22. The summed E-state index contributed by atoms with van der Waals surface area (Å²) in [5, 5.41) is 9.38. The molecular weight excluding hydrogens is 254 g/mol. The summed E-state index contributed by atoms with van der Waals surface area (Å²) in [5.74, 6) is -0.639. The van der Waals surface area contributed by atoms with Crippen molar-refractivity contribution in [1.29, 1.82) is 0 Å². The van der Waals surface area contributed by atoms with Crippen LogP contribution in [0.3, 0.4) is 0 Å². The molecule has 0 aliphatic carbocycles. The van der Waals surface area contributed by atoms with Crippen LogP contribution in [0.15, 0.2) is 30.3 Å². The van der Waals surface area contributed by atoms with Gasteiger partial charge in [0, 0.05) is 18.2 Å². The van der Waals surface area contributed by atoms with E-state index in [1.165, 1.54) is 0 Å². The third-order valence-corrected chi connectivity index (χ3v) is 4.38. The Morgan fingerprint density at radius 1 is 1.35 bits per heavy atom. The van der Waals surface area contributed by atoms with E-state index >= 15 is 0 Å². The van der Waals surface area contributed by atoms with Crippen LogP contribution < -0.4 is 0 Å². The lowest BCUT2D eigenvalue weighted by atomic mass is 10.1. The molecule has 2 aliphatic rings. The summed E-state index contributed by atoms with van der Waals surface area (Å²) in [6.07, 6.45) is 2.32. The monoisotopic (exact) mass is 277 g/mol. The molecule has 0 radical (unpaired) electrons. The smallest absolute Gasteiger partial charge is 0.192 e. The van der Waals surface area contributed by atoms with Gasteiger partial charge < -0.3 is 14.6 Å². The number of nitrogens with zero attached hydrogens (tertiary/aromatic N) is 1. The zero-order chi connectivity index (χ0) is 14.0. The summed E-state index contributed by atoms with van der Waals surface area (Å²) in [5.41, 5.74) is 1.06. The van der Waals surface area contributed by atoms with Crippen molar-refractivity contribution in [3.63, 3.8) is 0 Å². The Morgan fingerprint density at radius 2 is 2.15 bits per heavy atom. The molecule has 2 unspecified atom stereocenters. The van der Waals surface area contributed by atoms with Gasteiger partial charge in [0.25, 0.3) is 0 Å². The molecule has 4 heteroatoms. The largest absolute Gasteiger partial charge is 0.395 e. The van der Waals surface area contributed by atoms with E-state index in [0.717, 1.165) is 31.5 Å². The van der Waals surface area contributed by atoms with E-state index in [2.05, 4.69) is 4.90 Å². The van der Waals surface area contributed by atoms with Crippen molar-refractivity contribution in [2.24, 2.45) is 0 Å². The molecule has 2 fully saturated rings. The summed E-state index contributed by atoms with van der Waals surface area (Å²) >= 11 is 0. The molecule has 0 amide bonds. The Kier molecular flexibility index (Phi) is 4.08. The van der Waals surface area contributed by atoms with Crippen LogP contribution in [0.1, 0.15) is 25.3 Å². The lowest BCUT2D eigenvalue weighted by Crippen LogP contribution is -2.39. The molecule has 3 atom stereocenters. The van der Waals surface area contributed by atoms with E-state index in [-0.39, 0.29) is 12.7 Å². The highest BCUT2D eigenvalue weighted by Crippen LogP contribution is 2.34. The molecule has 1 aromatic carbocycles. The Bertz CT molecular complexity index is 439. The first-order chi connectivity index (χ1) is 9.71. The summed E-state index contributed by atoms with van der Waals surface area (Å²) in [6.45, 7) is 4.72. The van der Waals surface area contributed by atoms with Crippen LogP contribution in [0, 0.1) is 0 Å². The summed E-state index contributed by atoms with van der Waals surface area (Å²) in [4.78, 5) is 2.32. The van der Waals surface area contributed by atoms with Crippen LogP contribution in [0.2, 0.25) is 0 Å². The fraction of sp³-hybridized carbons (Fsp3) is 0.625. The Labute approximate surface area is 120 Å². The highest BCUT2D eigenvalue weighted by molar-refractivity contribution is 5.20. The lowest BCUT2D eigenvalue weighted by molar-refractivity contribution is -0.163. The molecule has 2 heterocycles. The number of aliphatic hydroxyl groups is 1.